The summed E-state index contributed by atoms with van der Waals surface area (Å²) in [5, 5.41) is 0. The Morgan fingerprint density at radius 2 is 1.87 bits per heavy atom. The first-order chi connectivity index (χ1) is 10.2. The lowest BCUT2D eigenvalue weighted by atomic mass is 9.91. The molecule has 2 rings (SSSR count). The van der Waals surface area contributed by atoms with Crippen LogP contribution in [0.2, 0.25) is 0 Å². The third kappa shape index (κ3) is 4.83. The lowest BCUT2D eigenvalue weighted by Crippen LogP contribution is -2.49. The van der Waals surface area contributed by atoms with Gasteiger partial charge in [-0.05, 0) is 44.1 Å². The molecule has 2 saturated heterocycles. The van der Waals surface area contributed by atoms with Crippen molar-refractivity contribution >= 4 is 24.2 Å². The van der Waals surface area contributed by atoms with Gasteiger partial charge in [0.2, 0.25) is 11.8 Å². The van der Waals surface area contributed by atoms with E-state index < -0.39 is 0 Å². The van der Waals surface area contributed by atoms with E-state index in [2.05, 4.69) is 27.7 Å². The number of nitrogens with two attached hydrogens (primary N) is 1. The molecule has 0 bridgehead atoms. The van der Waals surface area contributed by atoms with E-state index in [0.29, 0.717) is 25.4 Å². The van der Waals surface area contributed by atoms with Crippen LogP contribution in [0.5, 0.6) is 0 Å². The molecule has 2 fully saturated rings. The highest BCUT2D eigenvalue weighted by atomic mass is 35.5. The van der Waals surface area contributed by atoms with Gasteiger partial charge >= 0.3 is 0 Å². The predicted molar refractivity (Wildman–Crippen MR) is 94.4 cm³/mol. The lowest BCUT2D eigenvalue weighted by molar-refractivity contribution is -0.145. The van der Waals surface area contributed by atoms with Gasteiger partial charge in [-0.15, -0.1) is 12.4 Å². The molecule has 5 nitrogen and oxygen atoms in total. The number of hydrogen-bond acceptors (Lipinski definition) is 3. The molecule has 0 spiro atoms. The zero-order chi connectivity index (χ0) is 16.5. The smallest absolute Gasteiger partial charge is 0.245 e. The SMILES string of the molecule is CC1CC(CN)CN1C(=O)C1CCCN1C(=O)CC(C)(C)C.Cl. The van der Waals surface area contributed by atoms with Gasteiger partial charge in [-0.1, -0.05) is 20.8 Å². The first-order valence-electron chi connectivity index (χ1n) is 8.53. The molecule has 3 atom stereocenters. The van der Waals surface area contributed by atoms with E-state index in [-0.39, 0.29) is 41.7 Å². The molecule has 23 heavy (non-hydrogen) atoms. The van der Waals surface area contributed by atoms with E-state index in [1.807, 2.05) is 9.80 Å². The quantitative estimate of drug-likeness (QED) is 0.851. The van der Waals surface area contributed by atoms with Crippen LogP contribution in [0.4, 0.5) is 0 Å². The molecule has 2 N–H and O–H groups in total. The molecule has 6 heteroatoms. The largest absolute Gasteiger partial charge is 0.338 e. The number of rotatable bonds is 3. The molecule has 0 aromatic rings. The van der Waals surface area contributed by atoms with Crippen molar-refractivity contribution < 1.29 is 9.59 Å². The van der Waals surface area contributed by atoms with E-state index in [4.69, 9.17) is 5.73 Å². The Labute approximate surface area is 146 Å². The Bertz CT molecular complexity index is 436. The van der Waals surface area contributed by atoms with E-state index in [0.717, 1.165) is 25.8 Å². The molecule has 0 aromatic heterocycles. The minimum atomic E-state index is -0.256. The van der Waals surface area contributed by atoms with Crippen LogP contribution >= 0.6 is 12.4 Å². The highest BCUT2D eigenvalue weighted by molar-refractivity contribution is 5.88. The van der Waals surface area contributed by atoms with Crippen LogP contribution in [-0.4, -0.2) is 53.3 Å². The Kier molecular flexibility index (Phi) is 6.90. The van der Waals surface area contributed by atoms with Gasteiger partial charge in [0.25, 0.3) is 0 Å². The average molecular weight is 346 g/mol. The number of amides is 2. The van der Waals surface area contributed by atoms with Crippen LogP contribution in [0.25, 0.3) is 0 Å². The molecule has 0 saturated carbocycles. The van der Waals surface area contributed by atoms with Crippen LogP contribution in [0.15, 0.2) is 0 Å². The fraction of sp³-hybridized carbons (Fsp3) is 0.882. The van der Waals surface area contributed by atoms with Crippen molar-refractivity contribution in [3.8, 4) is 0 Å². The highest BCUT2D eigenvalue weighted by Gasteiger charge is 2.41. The summed E-state index contributed by atoms with van der Waals surface area (Å²) < 4.78 is 0. The maximum atomic E-state index is 12.9. The third-order valence-electron chi connectivity index (χ3n) is 4.82. The summed E-state index contributed by atoms with van der Waals surface area (Å²) in [6, 6.07) is -0.0185. The summed E-state index contributed by atoms with van der Waals surface area (Å²) in [4.78, 5) is 29.2. The zero-order valence-corrected chi connectivity index (χ0v) is 15.7. The van der Waals surface area contributed by atoms with Gasteiger partial charge in [0.15, 0.2) is 0 Å². The molecule has 0 radical (unpaired) electrons. The molecular formula is C17H32ClN3O2. The van der Waals surface area contributed by atoms with Gasteiger partial charge in [-0.3, -0.25) is 9.59 Å². The Morgan fingerprint density at radius 1 is 1.22 bits per heavy atom. The van der Waals surface area contributed by atoms with Crippen LogP contribution in [0.1, 0.15) is 53.4 Å². The van der Waals surface area contributed by atoms with Crippen molar-refractivity contribution in [1.82, 2.24) is 9.80 Å². The molecular weight excluding hydrogens is 314 g/mol. The van der Waals surface area contributed by atoms with E-state index in [9.17, 15) is 9.59 Å². The Hall–Kier alpha value is -0.810. The van der Waals surface area contributed by atoms with Crippen molar-refractivity contribution in [1.29, 1.82) is 0 Å². The van der Waals surface area contributed by atoms with Gasteiger partial charge in [-0.2, -0.15) is 0 Å². The maximum Gasteiger partial charge on any atom is 0.245 e. The zero-order valence-electron chi connectivity index (χ0n) is 14.9. The summed E-state index contributed by atoms with van der Waals surface area (Å²) >= 11 is 0. The average Bonchev–Trinajstić information content (AvgIpc) is 3.02. The Balaban J connectivity index is 0.00000264. The van der Waals surface area contributed by atoms with Gasteiger partial charge in [-0.25, -0.2) is 0 Å². The molecule has 0 aromatic carbocycles. The van der Waals surface area contributed by atoms with Gasteiger partial charge in [0, 0.05) is 25.6 Å². The van der Waals surface area contributed by atoms with Crippen molar-refractivity contribution in [2.24, 2.45) is 17.1 Å². The standard InChI is InChI=1S/C17H31N3O2.ClH/c1-12-8-13(10-18)11-20(12)16(22)14-6-5-7-19(14)15(21)9-17(2,3)4;/h12-14H,5-11,18H2,1-4H3;1H. The van der Waals surface area contributed by atoms with Crippen molar-refractivity contribution in [2.45, 2.75) is 65.5 Å². The number of likely N-dealkylation sites (tertiary alicyclic amines) is 2. The second-order valence-corrected chi connectivity index (χ2v) is 8.16. The van der Waals surface area contributed by atoms with Gasteiger partial charge in [0.1, 0.15) is 6.04 Å². The van der Waals surface area contributed by atoms with Gasteiger partial charge < -0.3 is 15.5 Å². The summed E-state index contributed by atoms with van der Waals surface area (Å²) in [5.41, 5.74) is 5.71. The second-order valence-electron chi connectivity index (χ2n) is 8.16. The summed E-state index contributed by atoms with van der Waals surface area (Å²) in [7, 11) is 0. The van der Waals surface area contributed by atoms with E-state index >= 15 is 0 Å². The molecule has 2 aliphatic rings. The van der Waals surface area contributed by atoms with Crippen molar-refractivity contribution in [3.63, 3.8) is 0 Å². The van der Waals surface area contributed by atoms with Crippen LogP contribution < -0.4 is 5.73 Å². The summed E-state index contributed by atoms with van der Waals surface area (Å²) in [5.74, 6) is 0.646. The number of carbonyl (C=O) groups excluding carboxylic acids is 2. The van der Waals surface area contributed by atoms with Crippen molar-refractivity contribution in [3.05, 3.63) is 0 Å². The third-order valence-corrected chi connectivity index (χ3v) is 4.82. The minimum absolute atomic E-state index is 0. The monoisotopic (exact) mass is 345 g/mol. The van der Waals surface area contributed by atoms with Crippen LogP contribution in [0, 0.1) is 11.3 Å². The first-order valence-corrected chi connectivity index (χ1v) is 8.53. The Morgan fingerprint density at radius 3 is 2.39 bits per heavy atom. The molecule has 2 aliphatic heterocycles. The number of halogens is 1. The maximum absolute atomic E-state index is 12.9. The fourth-order valence-electron chi connectivity index (χ4n) is 3.69. The fourth-order valence-corrected chi connectivity index (χ4v) is 3.69. The van der Waals surface area contributed by atoms with E-state index in [1.54, 1.807) is 0 Å². The molecule has 134 valence electrons. The topological polar surface area (TPSA) is 66.6 Å². The highest BCUT2D eigenvalue weighted by Crippen LogP contribution is 2.29. The lowest BCUT2D eigenvalue weighted by Gasteiger charge is -2.31. The summed E-state index contributed by atoms with van der Waals surface area (Å²) in [6.07, 6.45) is 3.20. The second kappa shape index (κ2) is 7.84. The number of carbonyl (C=O) groups is 2. The summed E-state index contributed by atoms with van der Waals surface area (Å²) in [6.45, 7) is 10.4. The number of hydrogen-bond donors (Lipinski definition) is 1. The van der Waals surface area contributed by atoms with E-state index in [1.165, 1.54) is 0 Å². The van der Waals surface area contributed by atoms with Crippen LogP contribution in [-0.2, 0) is 9.59 Å². The molecule has 2 amide bonds. The normalized spacial score (nSPS) is 28.0. The minimum Gasteiger partial charge on any atom is -0.338 e. The predicted octanol–water partition coefficient (Wildman–Crippen LogP) is 2.03. The van der Waals surface area contributed by atoms with Gasteiger partial charge in [0.05, 0.1) is 0 Å². The number of nitrogens with zero attached hydrogens (tertiary/aromatic N) is 2. The van der Waals surface area contributed by atoms with Crippen molar-refractivity contribution in [2.75, 3.05) is 19.6 Å². The van der Waals surface area contributed by atoms with Crippen LogP contribution in [0.3, 0.4) is 0 Å². The first kappa shape index (κ1) is 20.2. The molecule has 0 aliphatic carbocycles. The molecule has 2 heterocycles. The molecule has 3 unspecified atom stereocenters.